The fraction of sp³-hybridized carbons (Fsp3) is 0.600. The lowest BCUT2D eigenvalue weighted by molar-refractivity contribution is -0.306. The number of carboxylic acids is 1. The van der Waals surface area contributed by atoms with Crippen LogP contribution in [-0.2, 0) is 9.59 Å². The number of carboxylic acid groups (broad SMARTS) is 1. The second-order valence-electron chi connectivity index (χ2n) is 3.56. The van der Waals surface area contributed by atoms with Crippen LogP contribution in [0.3, 0.4) is 0 Å². The van der Waals surface area contributed by atoms with Gasteiger partial charge in [0.1, 0.15) is 0 Å². The quantitative estimate of drug-likeness (QED) is 0.599. The highest BCUT2D eigenvalue weighted by Crippen LogP contribution is 2.09. The predicted molar refractivity (Wildman–Crippen MR) is 54.7 cm³/mol. The number of hydrogen-bond acceptors (Lipinski definition) is 4. The number of nitrogens with two attached hydrogens (primary N) is 1. The lowest BCUT2D eigenvalue weighted by Gasteiger charge is -2.18. The highest BCUT2D eigenvalue weighted by atomic mass is 19.3. The molecule has 0 aliphatic carbocycles. The van der Waals surface area contributed by atoms with Gasteiger partial charge < -0.3 is 21.0 Å². The van der Waals surface area contributed by atoms with Crippen molar-refractivity contribution in [3.63, 3.8) is 0 Å². The van der Waals surface area contributed by atoms with E-state index in [1.165, 1.54) is 0 Å². The molecule has 0 aromatic rings. The highest BCUT2D eigenvalue weighted by Gasteiger charge is 2.15. The molecule has 0 spiro atoms. The predicted octanol–water partition coefficient (Wildman–Crippen LogP) is -0.623. The number of nitrogens with one attached hydrogen (secondary N) is 1. The van der Waals surface area contributed by atoms with Crippen LogP contribution in [0, 0.1) is 5.92 Å². The van der Waals surface area contributed by atoms with E-state index < -0.39 is 36.3 Å². The van der Waals surface area contributed by atoms with Crippen LogP contribution in [0.5, 0.6) is 0 Å². The average molecular weight is 249 g/mol. The van der Waals surface area contributed by atoms with Gasteiger partial charge in [0.15, 0.2) is 0 Å². The molecule has 0 saturated heterocycles. The second-order valence-corrected chi connectivity index (χ2v) is 3.56. The maximum absolute atomic E-state index is 12.0. The van der Waals surface area contributed by atoms with Crippen LogP contribution in [0.1, 0.15) is 19.8 Å². The van der Waals surface area contributed by atoms with Crippen molar-refractivity contribution < 1.29 is 23.5 Å². The van der Waals surface area contributed by atoms with Crippen molar-refractivity contribution in [2.24, 2.45) is 11.7 Å². The van der Waals surface area contributed by atoms with E-state index in [0.29, 0.717) is 12.5 Å². The third-order valence-electron chi connectivity index (χ3n) is 2.17. The summed E-state index contributed by atoms with van der Waals surface area (Å²) in [6.45, 7) is 1.62. The van der Waals surface area contributed by atoms with Crippen LogP contribution in [-0.4, -0.2) is 24.5 Å². The SMILES string of the molecule is CC[C@H](NC[C@@H](C=C(F)F)CC(=O)[O-])C(N)=O. The number of aliphatic carboxylic acids is 1. The van der Waals surface area contributed by atoms with Crippen molar-refractivity contribution in [1.82, 2.24) is 5.32 Å². The number of hydrogen-bond donors (Lipinski definition) is 2. The van der Waals surface area contributed by atoms with E-state index in [2.05, 4.69) is 5.32 Å². The average Bonchev–Trinajstić information content (AvgIpc) is 2.15. The lowest BCUT2D eigenvalue weighted by atomic mass is 10.0. The van der Waals surface area contributed by atoms with Crippen molar-refractivity contribution in [3.8, 4) is 0 Å². The van der Waals surface area contributed by atoms with Gasteiger partial charge in [-0.15, -0.1) is 0 Å². The number of rotatable bonds is 8. The largest absolute Gasteiger partial charge is 0.550 e. The molecule has 1 amide bonds. The zero-order valence-corrected chi connectivity index (χ0v) is 9.41. The van der Waals surface area contributed by atoms with Gasteiger partial charge in [-0.2, -0.15) is 8.78 Å². The number of carbonyl (C=O) groups excluding carboxylic acids is 2. The monoisotopic (exact) mass is 249 g/mol. The van der Waals surface area contributed by atoms with Crippen molar-refractivity contribution >= 4 is 11.9 Å². The second kappa shape index (κ2) is 7.72. The molecule has 7 heteroatoms. The van der Waals surface area contributed by atoms with E-state index >= 15 is 0 Å². The first-order valence-corrected chi connectivity index (χ1v) is 5.12. The highest BCUT2D eigenvalue weighted by molar-refractivity contribution is 5.79. The molecule has 0 fully saturated rings. The smallest absolute Gasteiger partial charge is 0.266 e. The van der Waals surface area contributed by atoms with Gasteiger partial charge in [-0.3, -0.25) is 4.79 Å². The lowest BCUT2D eigenvalue weighted by Crippen LogP contribution is -2.43. The molecule has 0 radical (unpaired) electrons. The summed E-state index contributed by atoms with van der Waals surface area (Å²) in [5, 5.41) is 13.0. The summed E-state index contributed by atoms with van der Waals surface area (Å²) >= 11 is 0. The molecule has 17 heavy (non-hydrogen) atoms. The minimum absolute atomic E-state index is 0.0766. The summed E-state index contributed by atoms with van der Waals surface area (Å²) in [6, 6.07) is -0.657. The molecule has 0 unspecified atom stereocenters. The van der Waals surface area contributed by atoms with Crippen LogP contribution in [0.4, 0.5) is 8.78 Å². The van der Waals surface area contributed by atoms with Gasteiger partial charge in [-0.1, -0.05) is 6.92 Å². The Morgan fingerprint density at radius 3 is 2.41 bits per heavy atom. The minimum Gasteiger partial charge on any atom is -0.550 e. The first-order chi connectivity index (χ1) is 7.86. The Hall–Kier alpha value is -1.50. The molecule has 0 aromatic heterocycles. The number of halogens is 2. The van der Waals surface area contributed by atoms with Crippen LogP contribution in [0.15, 0.2) is 12.2 Å². The van der Waals surface area contributed by atoms with E-state index in [1.54, 1.807) is 6.92 Å². The fourth-order valence-electron chi connectivity index (χ4n) is 1.32. The van der Waals surface area contributed by atoms with Crippen LogP contribution in [0.2, 0.25) is 0 Å². The van der Waals surface area contributed by atoms with E-state index in [0.717, 1.165) is 0 Å². The third-order valence-corrected chi connectivity index (χ3v) is 2.17. The third kappa shape index (κ3) is 7.40. The number of carbonyl (C=O) groups is 2. The Kier molecular flexibility index (Phi) is 7.04. The van der Waals surface area contributed by atoms with E-state index in [9.17, 15) is 23.5 Å². The topological polar surface area (TPSA) is 95.2 Å². The summed E-state index contributed by atoms with van der Waals surface area (Å²) in [4.78, 5) is 21.2. The molecule has 0 saturated carbocycles. The molecule has 5 nitrogen and oxygen atoms in total. The molecular formula is C10H15F2N2O3-. The summed E-state index contributed by atoms with van der Waals surface area (Å²) in [6.07, 6.45) is -1.59. The summed E-state index contributed by atoms with van der Waals surface area (Å²) < 4.78 is 24.1. The number of amides is 1. The van der Waals surface area contributed by atoms with E-state index in [1.807, 2.05) is 0 Å². The summed E-state index contributed by atoms with van der Waals surface area (Å²) in [5.41, 5.74) is 5.04. The Labute approximate surface area is 97.7 Å². The van der Waals surface area contributed by atoms with Gasteiger partial charge in [0.25, 0.3) is 6.08 Å². The Balaban J connectivity index is 4.38. The normalized spacial score (nSPS) is 13.8. The van der Waals surface area contributed by atoms with Crippen LogP contribution >= 0.6 is 0 Å². The van der Waals surface area contributed by atoms with Gasteiger partial charge in [-0.25, -0.2) is 0 Å². The fourth-order valence-corrected chi connectivity index (χ4v) is 1.32. The molecule has 0 aliphatic rings. The zero-order valence-electron chi connectivity index (χ0n) is 9.41. The van der Waals surface area contributed by atoms with Crippen molar-refractivity contribution in [2.45, 2.75) is 25.8 Å². The van der Waals surface area contributed by atoms with Gasteiger partial charge in [0, 0.05) is 12.5 Å². The van der Waals surface area contributed by atoms with Gasteiger partial charge in [-0.05, 0) is 24.8 Å². The van der Waals surface area contributed by atoms with Gasteiger partial charge in [0.05, 0.1) is 6.04 Å². The molecule has 3 N–H and O–H groups in total. The van der Waals surface area contributed by atoms with E-state index in [-0.39, 0.29) is 6.54 Å². The molecule has 0 aromatic carbocycles. The van der Waals surface area contributed by atoms with Crippen molar-refractivity contribution in [2.75, 3.05) is 6.54 Å². The van der Waals surface area contributed by atoms with Gasteiger partial charge in [0.2, 0.25) is 5.91 Å². The first kappa shape index (κ1) is 15.5. The molecule has 0 heterocycles. The minimum atomic E-state index is -1.97. The molecule has 98 valence electrons. The standard InChI is InChI=1S/C10H16F2N2O3/c1-2-7(10(13)17)14-5-6(3-8(11)12)4-9(15)16/h3,6-7,14H,2,4-5H2,1H3,(H2,13,17)(H,15,16)/p-1/t6-,7-/m0/s1. The zero-order chi connectivity index (χ0) is 13.4. The Bertz CT molecular complexity index is 304. The maximum atomic E-state index is 12.0. The molecule has 0 bridgehead atoms. The van der Waals surface area contributed by atoms with Crippen molar-refractivity contribution in [1.29, 1.82) is 0 Å². The first-order valence-electron chi connectivity index (χ1n) is 5.12. The van der Waals surface area contributed by atoms with E-state index in [4.69, 9.17) is 5.73 Å². The molecule has 0 aliphatic heterocycles. The van der Waals surface area contributed by atoms with Gasteiger partial charge >= 0.3 is 0 Å². The molecular weight excluding hydrogens is 234 g/mol. The Morgan fingerprint density at radius 1 is 1.47 bits per heavy atom. The summed E-state index contributed by atoms with van der Waals surface area (Å²) in [5.74, 6) is -2.97. The molecule has 0 rings (SSSR count). The maximum Gasteiger partial charge on any atom is 0.266 e. The van der Waals surface area contributed by atoms with Crippen molar-refractivity contribution in [3.05, 3.63) is 12.2 Å². The number of primary amides is 1. The summed E-state index contributed by atoms with van der Waals surface area (Å²) in [7, 11) is 0. The Morgan fingerprint density at radius 2 is 2.06 bits per heavy atom. The van der Waals surface area contributed by atoms with Crippen LogP contribution < -0.4 is 16.2 Å². The van der Waals surface area contributed by atoms with Crippen LogP contribution in [0.25, 0.3) is 0 Å². The molecule has 2 atom stereocenters.